The molecule has 0 aliphatic rings. The molecule has 0 unspecified atom stereocenters. The predicted octanol–water partition coefficient (Wildman–Crippen LogP) is 0.267. The lowest BCUT2D eigenvalue weighted by molar-refractivity contribution is -0.117. The van der Waals surface area contributed by atoms with Crippen molar-refractivity contribution in [2.75, 3.05) is 0 Å². The van der Waals surface area contributed by atoms with Crippen LogP contribution in [-0.4, -0.2) is 15.9 Å². The molecule has 0 bridgehead atoms. The third kappa shape index (κ3) is 2.63. The molecule has 0 atom stereocenters. The molecular weight excluding hydrogens is 210 g/mol. The Bertz CT molecular complexity index is 276. The van der Waals surface area contributed by atoms with Gasteiger partial charge in [0.1, 0.15) is 10.4 Å². The van der Waals surface area contributed by atoms with E-state index in [1.165, 1.54) is 0 Å². The van der Waals surface area contributed by atoms with E-state index in [0.717, 1.165) is 0 Å². The number of nitrogens with zero attached hydrogens (tertiary/aromatic N) is 2. The second-order valence-corrected chi connectivity index (χ2v) is 2.75. The summed E-state index contributed by atoms with van der Waals surface area (Å²) in [5, 5.41) is 0. The Labute approximate surface area is 72.0 Å². The van der Waals surface area contributed by atoms with Gasteiger partial charge in [-0.2, -0.15) is 0 Å². The van der Waals surface area contributed by atoms with Gasteiger partial charge in [0, 0.05) is 6.20 Å². The zero-order valence-electron chi connectivity index (χ0n) is 5.62. The van der Waals surface area contributed by atoms with Gasteiger partial charge >= 0.3 is 0 Å². The molecule has 0 aliphatic carbocycles. The Morgan fingerprint density at radius 2 is 2.45 bits per heavy atom. The van der Waals surface area contributed by atoms with Crippen LogP contribution in [0.5, 0.6) is 0 Å². The van der Waals surface area contributed by atoms with E-state index < -0.39 is 5.91 Å². The Hall–Kier alpha value is -0.970. The zero-order chi connectivity index (χ0) is 8.27. The highest BCUT2D eigenvalue weighted by Gasteiger charge is 2.00. The molecule has 1 amide bonds. The summed E-state index contributed by atoms with van der Waals surface area (Å²) in [4.78, 5) is 18.2. The van der Waals surface area contributed by atoms with Gasteiger partial charge in [0.15, 0.2) is 0 Å². The fourth-order valence-electron chi connectivity index (χ4n) is 0.615. The Morgan fingerprint density at radius 1 is 1.73 bits per heavy atom. The Balaban J connectivity index is 2.79. The van der Waals surface area contributed by atoms with E-state index in [-0.39, 0.29) is 6.42 Å². The lowest BCUT2D eigenvalue weighted by atomic mass is 10.4. The summed E-state index contributed by atoms with van der Waals surface area (Å²) in [6, 6.07) is 1.69. The van der Waals surface area contributed by atoms with Crippen LogP contribution in [0.15, 0.2) is 16.9 Å². The average molecular weight is 216 g/mol. The topological polar surface area (TPSA) is 68.9 Å². The van der Waals surface area contributed by atoms with Gasteiger partial charge in [0.2, 0.25) is 5.91 Å². The van der Waals surface area contributed by atoms with Gasteiger partial charge in [-0.3, -0.25) is 4.79 Å². The molecule has 0 radical (unpaired) electrons. The SMILES string of the molecule is NC(=O)Cc1nccc(Br)n1. The molecule has 1 heterocycles. The molecule has 2 N–H and O–H groups in total. The maximum Gasteiger partial charge on any atom is 0.225 e. The van der Waals surface area contributed by atoms with Gasteiger partial charge in [-0.05, 0) is 22.0 Å². The highest BCUT2D eigenvalue weighted by Crippen LogP contribution is 2.03. The lowest BCUT2D eigenvalue weighted by Gasteiger charge is -1.94. The third-order valence-corrected chi connectivity index (χ3v) is 1.45. The molecular formula is C6H6BrN3O. The summed E-state index contributed by atoms with van der Waals surface area (Å²) in [5.41, 5.74) is 4.94. The first-order valence-electron chi connectivity index (χ1n) is 2.94. The molecule has 4 nitrogen and oxygen atoms in total. The van der Waals surface area contributed by atoms with Crippen molar-refractivity contribution in [1.29, 1.82) is 0 Å². The summed E-state index contributed by atoms with van der Waals surface area (Å²) < 4.78 is 0.656. The van der Waals surface area contributed by atoms with Crippen LogP contribution in [0.1, 0.15) is 5.82 Å². The smallest absolute Gasteiger partial charge is 0.225 e. The van der Waals surface area contributed by atoms with E-state index in [1.807, 2.05) is 0 Å². The van der Waals surface area contributed by atoms with Gasteiger partial charge in [-0.25, -0.2) is 9.97 Å². The van der Waals surface area contributed by atoms with Crippen molar-refractivity contribution in [2.45, 2.75) is 6.42 Å². The number of nitrogens with two attached hydrogens (primary N) is 1. The molecule has 0 aliphatic heterocycles. The van der Waals surface area contributed by atoms with E-state index in [9.17, 15) is 4.79 Å². The standard InChI is InChI=1S/C6H6BrN3O/c7-4-1-2-9-6(10-4)3-5(8)11/h1-2H,3H2,(H2,8,11). The molecule has 0 aromatic carbocycles. The molecule has 58 valence electrons. The van der Waals surface area contributed by atoms with Crippen LogP contribution < -0.4 is 5.73 Å². The summed E-state index contributed by atoms with van der Waals surface area (Å²) in [7, 11) is 0. The number of amides is 1. The number of hydrogen-bond donors (Lipinski definition) is 1. The van der Waals surface area contributed by atoms with Crippen LogP contribution in [0.4, 0.5) is 0 Å². The number of aromatic nitrogens is 2. The first kappa shape index (κ1) is 8.13. The van der Waals surface area contributed by atoms with Gasteiger partial charge in [-0.15, -0.1) is 0 Å². The Morgan fingerprint density at radius 3 is 3.00 bits per heavy atom. The molecule has 1 rings (SSSR count). The van der Waals surface area contributed by atoms with E-state index >= 15 is 0 Å². The minimum atomic E-state index is -0.428. The minimum absolute atomic E-state index is 0.0828. The lowest BCUT2D eigenvalue weighted by Crippen LogP contribution is -2.15. The number of rotatable bonds is 2. The van der Waals surface area contributed by atoms with Crippen LogP contribution in [0, 0.1) is 0 Å². The fourth-order valence-corrected chi connectivity index (χ4v) is 0.938. The molecule has 1 aromatic heterocycles. The van der Waals surface area contributed by atoms with E-state index in [4.69, 9.17) is 5.73 Å². The van der Waals surface area contributed by atoms with Crippen molar-refractivity contribution in [2.24, 2.45) is 5.73 Å². The zero-order valence-corrected chi connectivity index (χ0v) is 7.21. The highest BCUT2D eigenvalue weighted by atomic mass is 79.9. The quantitative estimate of drug-likeness (QED) is 0.721. The van der Waals surface area contributed by atoms with Crippen LogP contribution in [-0.2, 0) is 11.2 Å². The monoisotopic (exact) mass is 215 g/mol. The van der Waals surface area contributed by atoms with Crippen molar-refractivity contribution in [3.63, 3.8) is 0 Å². The van der Waals surface area contributed by atoms with E-state index in [2.05, 4.69) is 25.9 Å². The van der Waals surface area contributed by atoms with Crippen molar-refractivity contribution < 1.29 is 4.79 Å². The largest absolute Gasteiger partial charge is 0.369 e. The first-order chi connectivity index (χ1) is 5.18. The molecule has 0 saturated heterocycles. The summed E-state index contributed by atoms with van der Waals surface area (Å²) in [6.07, 6.45) is 1.65. The van der Waals surface area contributed by atoms with Gasteiger partial charge in [0.25, 0.3) is 0 Å². The highest BCUT2D eigenvalue weighted by molar-refractivity contribution is 9.10. The maximum atomic E-state index is 10.4. The van der Waals surface area contributed by atoms with E-state index in [1.54, 1.807) is 12.3 Å². The molecule has 11 heavy (non-hydrogen) atoms. The summed E-state index contributed by atoms with van der Waals surface area (Å²) >= 11 is 3.15. The molecule has 0 saturated carbocycles. The average Bonchev–Trinajstić information content (AvgIpc) is 1.85. The molecule has 0 spiro atoms. The second kappa shape index (κ2) is 3.43. The normalized spacial score (nSPS) is 9.55. The summed E-state index contributed by atoms with van der Waals surface area (Å²) in [6.45, 7) is 0. The maximum absolute atomic E-state index is 10.4. The minimum Gasteiger partial charge on any atom is -0.369 e. The van der Waals surface area contributed by atoms with Crippen molar-refractivity contribution in [3.8, 4) is 0 Å². The van der Waals surface area contributed by atoms with Crippen molar-refractivity contribution in [3.05, 3.63) is 22.7 Å². The second-order valence-electron chi connectivity index (χ2n) is 1.94. The van der Waals surface area contributed by atoms with Gasteiger partial charge in [0.05, 0.1) is 6.42 Å². The van der Waals surface area contributed by atoms with Crippen LogP contribution in [0.2, 0.25) is 0 Å². The number of carbonyl (C=O) groups excluding carboxylic acids is 1. The summed E-state index contributed by atoms with van der Waals surface area (Å²) in [5.74, 6) is 0.00924. The van der Waals surface area contributed by atoms with Crippen LogP contribution in [0.3, 0.4) is 0 Å². The van der Waals surface area contributed by atoms with Crippen LogP contribution >= 0.6 is 15.9 Å². The first-order valence-corrected chi connectivity index (χ1v) is 3.73. The van der Waals surface area contributed by atoms with Gasteiger partial charge < -0.3 is 5.73 Å². The molecule has 5 heteroatoms. The molecule has 1 aromatic rings. The molecule has 0 fully saturated rings. The Kier molecular flexibility index (Phi) is 2.53. The van der Waals surface area contributed by atoms with Crippen molar-refractivity contribution in [1.82, 2.24) is 9.97 Å². The number of primary amides is 1. The number of halogens is 1. The fraction of sp³-hybridized carbons (Fsp3) is 0.167. The van der Waals surface area contributed by atoms with E-state index in [0.29, 0.717) is 10.4 Å². The van der Waals surface area contributed by atoms with Crippen molar-refractivity contribution >= 4 is 21.8 Å². The van der Waals surface area contributed by atoms with Gasteiger partial charge in [-0.1, -0.05) is 0 Å². The van der Waals surface area contributed by atoms with Crippen LogP contribution in [0.25, 0.3) is 0 Å². The third-order valence-electron chi connectivity index (χ3n) is 1.00. The predicted molar refractivity (Wildman–Crippen MR) is 42.6 cm³/mol. The number of carbonyl (C=O) groups is 1. The number of hydrogen-bond acceptors (Lipinski definition) is 3.